The molecule has 33 heavy (non-hydrogen) atoms. The van der Waals surface area contributed by atoms with E-state index in [1.807, 2.05) is 36.4 Å². The number of carbonyl (C=O) groups excluding carboxylic acids is 2. The number of nitrogen functional groups attached to an aromatic ring is 1. The van der Waals surface area contributed by atoms with Crippen LogP contribution in [-0.2, 0) is 16.0 Å². The van der Waals surface area contributed by atoms with E-state index in [4.69, 9.17) is 15.2 Å². The van der Waals surface area contributed by atoms with E-state index < -0.39 is 17.7 Å². The number of piperazine rings is 1. The average molecular weight is 455 g/mol. The molecular weight excluding hydrogens is 420 g/mol. The first-order valence-electron chi connectivity index (χ1n) is 11.2. The number of methoxy groups -OCH3 is 1. The van der Waals surface area contributed by atoms with Gasteiger partial charge in [0.2, 0.25) is 5.91 Å². The Hall–Kier alpha value is -3.42. The molecule has 1 saturated heterocycles. The van der Waals surface area contributed by atoms with Crippen molar-refractivity contribution in [2.24, 2.45) is 0 Å². The Morgan fingerprint density at radius 2 is 1.61 bits per heavy atom. The average Bonchev–Trinajstić information content (AvgIpc) is 2.78. The van der Waals surface area contributed by atoms with Crippen LogP contribution >= 0.6 is 0 Å². The third kappa shape index (κ3) is 7.03. The van der Waals surface area contributed by atoms with Crippen molar-refractivity contribution in [2.75, 3.05) is 43.9 Å². The number of hydrogen-bond donors (Lipinski definition) is 2. The standard InChI is InChI=1S/C25H34N4O4/c1-25(2,3)33-24(31)27-22(17-18-5-7-19(26)8-6-18)23(30)29-15-13-28(14-16-29)20-9-11-21(32-4)12-10-20/h5-12,22H,13-17,26H2,1-4H3,(H,27,31)/t22-/m0/s1. The van der Waals surface area contributed by atoms with Crippen molar-refractivity contribution in [3.05, 3.63) is 54.1 Å². The van der Waals surface area contributed by atoms with Crippen LogP contribution in [0.5, 0.6) is 5.75 Å². The van der Waals surface area contributed by atoms with Gasteiger partial charge < -0.3 is 30.3 Å². The van der Waals surface area contributed by atoms with Crippen molar-refractivity contribution in [2.45, 2.75) is 38.8 Å². The lowest BCUT2D eigenvalue weighted by Gasteiger charge is -2.37. The van der Waals surface area contributed by atoms with Crippen molar-refractivity contribution < 1.29 is 19.1 Å². The lowest BCUT2D eigenvalue weighted by Crippen LogP contribution is -2.56. The largest absolute Gasteiger partial charge is 0.497 e. The molecule has 8 heteroatoms. The third-order valence-corrected chi connectivity index (χ3v) is 5.44. The minimum Gasteiger partial charge on any atom is -0.497 e. The number of nitrogens with zero attached hydrogens (tertiary/aromatic N) is 2. The minimum absolute atomic E-state index is 0.118. The van der Waals surface area contributed by atoms with Crippen molar-refractivity contribution >= 4 is 23.4 Å². The van der Waals surface area contributed by atoms with Gasteiger partial charge in [-0.1, -0.05) is 12.1 Å². The molecule has 3 rings (SSSR count). The lowest BCUT2D eigenvalue weighted by molar-refractivity contribution is -0.133. The van der Waals surface area contributed by atoms with E-state index in [-0.39, 0.29) is 5.91 Å². The van der Waals surface area contributed by atoms with Gasteiger partial charge in [-0.15, -0.1) is 0 Å². The van der Waals surface area contributed by atoms with Crippen LogP contribution in [-0.4, -0.2) is 61.8 Å². The summed E-state index contributed by atoms with van der Waals surface area (Å²) < 4.78 is 10.6. The summed E-state index contributed by atoms with van der Waals surface area (Å²) in [5, 5.41) is 2.78. The van der Waals surface area contributed by atoms with Gasteiger partial charge in [0.15, 0.2) is 0 Å². The summed E-state index contributed by atoms with van der Waals surface area (Å²) in [5.41, 5.74) is 7.79. The van der Waals surface area contributed by atoms with Crippen LogP contribution in [0.2, 0.25) is 0 Å². The molecule has 3 N–H and O–H groups in total. The highest BCUT2D eigenvalue weighted by atomic mass is 16.6. The Morgan fingerprint density at radius 1 is 1.00 bits per heavy atom. The van der Waals surface area contributed by atoms with Crippen molar-refractivity contribution in [1.82, 2.24) is 10.2 Å². The number of benzene rings is 2. The summed E-state index contributed by atoms with van der Waals surface area (Å²) in [4.78, 5) is 29.9. The van der Waals surface area contributed by atoms with E-state index in [0.29, 0.717) is 38.3 Å². The molecule has 0 radical (unpaired) electrons. The quantitative estimate of drug-likeness (QED) is 0.651. The summed E-state index contributed by atoms with van der Waals surface area (Å²) in [6, 6.07) is 14.5. The second-order valence-corrected chi connectivity index (χ2v) is 9.15. The minimum atomic E-state index is -0.726. The monoisotopic (exact) mass is 454 g/mol. The Balaban J connectivity index is 1.66. The Bertz CT molecular complexity index is 930. The number of anilines is 2. The van der Waals surface area contributed by atoms with Gasteiger partial charge in [0.05, 0.1) is 7.11 Å². The van der Waals surface area contributed by atoms with Gasteiger partial charge in [-0.25, -0.2) is 4.79 Å². The molecule has 0 bridgehead atoms. The molecule has 0 spiro atoms. The molecule has 8 nitrogen and oxygen atoms in total. The molecule has 2 aromatic carbocycles. The fourth-order valence-electron chi connectivity index (χ4n) is 3.74. The van der Waals surface area contributed by atoms with Crippen molar-refractivity contribution in [3.8, 4) is 5.75 Å². The van der Waals surface area contributed by atoms with Gasteiger partial charge in [0.25, 0.3) is 0 Å². The highest BCUT2D eigenvalue weighted by Gasteiger charge is 2.30. The SMILES string of the molecule is COc1ccc(N2CCN(C(=O)[C@H](Cc3ccc(N)cc3)NC(=O)OC(C)(C)C)CC2)cc1. The summed E-state index contributed by atoms with van der Waals surface area (Å²) >= 11 is 0. The van der Waals surface area contributed by atoms with Gasteiger partial charge in [-0.3, -0.25) is 4.79 Å². The number of carbonyl (C=O) groups is 2. The van der Waals surface area contributed by atoms with Crippen molar-refractivity contribution in [3.63, 3.8) is 0 Å². The molecule has 1 aliphatic heterocycles. The molecule has 1 atom stereocenters. The lowest BCUT2D eigenvalue weighted by atomic mass is 10.0. The topological polar surface area (TPSA) is 97.1 Å². The molecule has 2 aromatic rings. The molecule has 1 fully saturated rings. The molecule has 178 valence electrons. The first-order valence-corrected chi connectivity index (χ1v) is 11.2. The van der Waals surface area contributed by atoms with Crippen LogP contribution in [0.4, 0.5) is 16.2 Å². The van der Waals surface area contributed by atoms with Gasteiger partial charge in [0, 0.05) is 44.0 Å². The molecule has 0 aromatic heterocycles. The summed E-state index contributed by atoms with van der Waals surface area (Å²) in [7, 11) is 1.64. The normalized spacial score (nSPS) is 15.0. The maximum Gasteiger partial charge on any atom is 0.408 e. The highest BCUT2D eigenvalue weighted by molar-refractivity contribution is 5.86. The summed E-state index contributed by atoms with van der Waals surface area (Å²) in [6.45, 7) is 7.93. The van der Waals surface area contributed by atoms with Gasteiger partial charge in [0.1, 0.15) is 17.4 Å². The van der Waals surface area contributed by atoms with Gasteiger partial charge in [-0.2, -0.15) is 0 Å². The number of ether oxygens (including phenoxy) is 2. The number of alkyl carbamates (subject to hydrolysis) is 1. The smallest absolute Gasteiger partial charge is 0.408 e. The van der Waals surface area contributed by atoms with Crippen LogP contribution in [0.3, 0.4) is 0 Å². The zero-order valence-corrected chi connectivity index (χ0v) is 19.8. The van der Waals surface area contributed by atoms with E-state index in [0.717, 1.165) is 17.0 Å². The third-order valence-electron chi connectivity index (χ3n) is 5.44. The summed E-state index contributed by atoms with van der Waals surface area (Å²) in [5.74, 6) is 0.693. The van der Waals surface area contributed by atoms with E-state index in [1.165, 1.54) is 0 Å². The zero-order chi connectivity index (χ0) is 24.0. The van der Waals surface area contributed by atoms with E-state index in [1.54, 1.807) is 44.9 Å². The second-order valence-electron chi connectivity index (χ2n) is 9.15. The highest BCUT2D eigenvalue weighted by Crippen LogP contribution is 2.21. The predicted molar refractivity (Wildman–Crippen MR) is 130 cm³/mol. The summed E-state index contributed by atoms with van der Waals surface area (Å²) in [6.07, 6.45) is -0.245. The predicted octanol–water partition coefficient (Wildman–Crippen LogP) is 3.06. The molecular formula is C25H34N4O4. The fraction of sp³-hybridized carbons (Fsp3) is 0.440. The van der Waals surface area contributed by atoms with Crippen LogP contribution < -0.4 is 20.7 Å². The molecule has 0 aliphatic carbocycles. The number of nitrogens with one attached hydrogen (secondary N) is 1. The first kappa shape index (κ1) is 24.2. The number of hydrogen-bond acceptors (Lipinski definition) is 6. The Labute approximate surface area is 195 Å². The molecule has 1 heterocycles. The van der Waals surface area contributed by atoms with Crippen LogP contribution in [0.25, 0.3) is 0 Å². The zero-order valence-electron chi connectivity index (χ0n) is 19.8. The number of nitrogens with two attached hydrogens (primary N) is 1. The number of amides is 2. The van der Waals surface area contributed by atoms with Crippen LogP contribution in [0.15, 0.2) is 48.5 Å². The molecule has 0 unspecified atom stereocenters. The maximum atomic E-state index is 13.4. The van der Waals surface area contributed by atoms with Crippen LogP contribution in [0.1, 0.15) is 26.3 Å². The van der Waals surface area contributed by atoms with E-state index in [2.05, 4.69) is 10.2 Å². The van der Waals surface area contributed by atoms with Gasteiger partial charge >= 0.3 is 6.09 Å². The van der Waals surface area contributed by atoms with Gasteiger partial charge in [-0.05, 0) is 62.7 Å². The van der Waals surface area contributed by atoms with E-state index >= 15 is 0 Å². The van der Waals surface area contributed by atoms with Crippen LogP contribution in [0, 0.1) is 0 Å². The Morgan fingerprint density at radius 3 is 2.15 bits per heavy atom. The molecule has 0 saturated carbocycles. The Kier molecular flexibility index (Phi) is 7.68. The van der Waals surface area contributed by atoms with E-state index in [9.17, 15) is 9.59 Å². The molecule has 1 aliphatic rings. The van der Waals surface area contributed by atoms with Crippen molar-refractivity contribution in [1.29, 1.82) is 0 Å². The maximum absolute atomic E-state index is 13.4. The second kappa shape index (κ2) is 10.5. The fourth-order valence-corrected chi connectivity index (χ4v) is 3.74. The first-order chi connectivity index (χ1) is 15.6. The molecule has 2 amide bonds. The number of rotatable bonds is 6.